The van der Waals surface area contributed by atoms with Gasteiger partial charge in [-0.25, -0.2) is 12.8 Å². The summed E-state index contributed by atoms with van der Waals surface area (Å²) in [6.07, 6.45) is 2.30. The Morgan fingerprint density at radius 1 is 1.43 bits per heavy atom. The van der Waals surface area contributed by atoms with Gasteiger partial charge in [0.05, 0.1) is 5.75 Å². The summed E-state index contributed by atoms with van der Waals surface area (Å²) in [7, 11) is -3.36. The van der Waals surface area contributed by atoms with Gasteiger partial charge in [-0.1, -0.05) is 19.1 Å². The summed E-state index contributed by atoms with van der Waals surface area (Å²) in [5.74, 6) is -0.500. The van der Waals surface area contributed by atoms with Crippen molar-refractivity contribution in [1.29, 1.82) is 0 Å². The first-order valence-electron chi connectivity index (χ1n) is 7.95. The van der Waals surface area contributed by atoms with E-state index in [-0.39, 0.29) is 17.5 Å². The van der Waals surface area contributed by atoms with E-state index >= 15 is 0 Å². The van der Waals surface area contributed by atoms with Crippen molar-refractivity contribution < 1.29 is 17.6 Å². The number of amides is 1. The van der Waals surface area contributed by atoms with Crippen molar-refractivity contribution >= 4 is 15.9 Å². The molecule has 1 atom stereocenters. The number of rotatable bonds is 7. The highest BCUT2D eigenvalue weighted by molar-refractivity contribution is 7.89. The Bertz CT molecular complexity index is 648. The first-order chi connectivity index (χ1) is 10.9. The molecular weight excluding hydrogens is 319 g/mol. The Kier molecular flexibility index (Phi) is 6.12. The van der Waals surface area contributed by atoms with Crippen molar-refractivity contribution in [2.75, 3.05) is 18.8 Å². The molecule has 1 aromatic rings. The number of halogens is 1. The van der Waals surface area contributed by atoms with Crippen LogP contribution in [0.25, 0.3) is 0 Å². The quantitative estimate of drug-likeness (QED) is 0.820. The van der Waals surface area contributed by atoms with Crippen LogP contribution in [0, 0.1) is 5.82 Å². The van der Waals surface area contributed by atoms with Crippen molar-refractivity contribution in [3.63, 3.8) is 0 Å². The maximum atomic E-state index is 13.1. The molecule has 0 bridgehead atoms. The Labute approximate surface area is 136 Å². The second-order valence-corrected chi connectivity index (χ2v) is 7.80. The molecule has 1 N–H and O–H groups in total. The molecule has 1 heterocycles. The third-order valence-corrected chi connectivity index (χ3v) is 6.00. The highest BCUT2D eigenvalue weighted by Crippen LogP contribution is 2.22. The number of carbonyl (C=O) groups excluding carboxylic acids is 1. The van der Waals surface area contributed by atoms with Crippen LogP contribution in [0.5, 0.6) is 0 Å². The second kappa shape index (κ2) is 7.88. The molecule has 0 saturated carbocycles. The molecule has 23 heavy (non-hydrogen) atoms. The van der Waals surface area contributed by atoms with E-state index in [4.69, 9.17) is 0 Å². The average Bonchev–Trinajstić information content (AvgIpc) is 2.97. The number of sulfonamides is 1. The summed E-state index contributed by atoms with van der Waals surface area (Å²) < 4.78 is 38.8. The summed E-state index contributed by atoms with van der Waals surface area (Å²) >= 11 is 0. The van der Waals surface area contributed by atoms with Gasteiger partial charge in [0, 0.05) is 13.1 Å². The number of hydrogen-bond acceptors (Lipinski definition) is 3. The van der Waals surface area contributed by atoms with Gasteiger partial charge in [-0.2, -0.15) is 4.31 Å². The van der Waals surface area contributed by atoms with Crippen LogP contribution < -0.4 is 5.32 Å². The fourth-order valence-corrected chi connectivity index (χ4v) is 4.60. The molecule has 7 heteroatoms. The molecule has 1 aromatic carbocycles. The van der Waals surface area contributed by atoms with Crippen molar-refractivity contribution in [2.45, 2.75) is 38.6 Å². The van der Waals surface area contributed by atoms with E-state index in [1.54, 1.807) is 12.1 Å². The molecule has 0 aromatic heterocycles. The van der Waals surface area contributed by atoms with Crippen LogP contribution in [-0.4, -0.2) is 43.5 Å². The van der Waals surface area contributed by atoms with E-state index in [1.165, 1.54) is 16.4 Å². The summed E-state index contributed by atoms with van der Waals surface area (Å²) in [5, 5.41) is 2.77. The first kappa shape index (κ1) is 17.9. The Morgan fingerprint density at radius 2 is 2.22 bits per heavy atom. The lowest BCUT2D eigenvalue weighted by Gasteiger charge is -2.23. The topological polar surface area (TPSA) is 66.5 Å². The zero-order valence-electron chi connectivity index (χ0n) is 13.3. The summed E-state index contributed by atoms with van der Waals surface area (Å²) in [6, 6.07) is 5.61. The van der Waals surface area contributed by atoms with Gasteiger partial charge in [-0.3, -0.25) is 4.79 Å². The Morgan fingerprint density at radius 3 is 2.91 bits per heavy atom. The Balaban J connectivity index is 1.89. The fourth-order valence-electron chi connectivity index (χ4n) is 2.85. The van der Waals surface area contributed by atoms with Crippen LogP contribution in [0.3, 0.4) is 0 Å². The third kappa shape index (κ3) is 4.75. The minimum atomic E-state index is -3.36. The minimum absolute atomic E-state index is 0.0695. The molecule has 1 aliphatic rings. The molecule has 0 aliphatic carbocycles. The number of carbonyl (C=O) groups is 1. The minimum Gasteiger partial charge on any atom is -0.354 e. The highest BCUT2D eigenvalue weighted by Gasteiger charge is 2.37. The normalized spacial score (nSPS) is 19.0. The summed E-state index contributed by atoms with van der Waals surface area (Å²) in [4.78, 5) is 12.3. The van der Waals surface area contributed by atoms with Gasteiger partial charge < -0.3 is 5.32 Å². The van der Waals surface area contributed by atoms with Crippen LogP contribution in [0.15, 0.2) is 24.3 Å². The van der Waals surface area contributed by atoms with Crippen LogP contribution in [0.2, 0.25) is 0 Å². The smallest absolute Gasteiger partial charge is 0.238 e. The molecule has 0 radical (unpaired) electrons. The van der Waals surface area contributed by atoms with Gasteiger partial charge in [0.2, 0.25) is 15.9 Å². The zero-order chi connectivity index (χ0) is 16.9. The van der Waals surface area contributed by atoms with Gasteiger partial charge in [-0.15, -0.1) is 0 Å². The maximum absolute atomic E-state index is 13.1. The molecule has 128 valence electrons. The van der Waals surface area contributed by atoms with Crippen LogP contribution in [-0.2, 0) is 21.2 Å². The van der Waals surface area contributed by atoms with Crippen LogP contribution in [0.4, 0.5) is 4.39 Å². The van der Waals surface area contributed by atoms with E-state index in [2.05, 4.69) is 5.32 Å². The Hall–Kier alpha value is -1.47. The molecule has 1 fully saturated rings. The maximum Gasteiger partial charge on any atom is 0.238 e. The lowest BCUT2D eigenvalue weighted by atomic mass is 10.1. The second-order valence-electron chi connectivity index (χ2n) is 5.76. The number of hydrogen-bond donors (Lipinski definition) is 1. The standard InChI is InChI=1S/C16H23FN2O3S/c1-2-11-23(21,22)19-10-4-7-15(19)16(20)18-9-8-13-5-3-6-14(17)12-13/h3,5-6,12,15H,2,4,7-11H2,1H3,(H,18,20). The van der Waals surface area contributed by atoms with Crippen molar-refractivity contribution in [2.24, 2.45) is 0 Å². The largest absolute Gasteiger partial charge is 0.354 e. The van der Waals surface area contributed by atoms with E-state index in [0.29, 0.717) is 38.8 Å². The number of nitrogens with one attached hydrogen (secondary N) is 1. The summed E-state index contributed by atoms with van der Waals surface area (Å²) in [6.45, 7) is 2.58. The number of benzene rings is 1. The molecule has 1 amide bonds. The van der Waals surface area contributed by atoms with Gasteiger partial charge in [0.25, 0.3) is 0 Å². The molecule has 1 saturated heterocycles. The van der Waals surface area contributed by atoms with E-state index in [1.807, 2.05) is 6.92 Å². The van der Waals surface area contributed by atoms with Gasteiger partial charge >= 0.3 is 0 Å². The van der Waals surface area contributed by atoms with Gasteiger partial charge in [-0.05, 0) is 43.4 Å². The molecule has 2 rings (SSSR count). The lowest BCUT2D eigenvalue weighted by Crippen LogP contribution is -2.46. The lowest BCUT2D eigenvalue weighted by molar-refractivity contribution is -0.124. The predicted octanol–water partition coefficient (Wildman–Crippen LogP) is 1.69. The fraction of sp³-hybridized carbons (Fsp3) is 0.562. The van der Waals surface area contributed by atoms with E-state index in [9.17, 15) is 17.6 Å². The van der Waals surface area contributed by atoms with Crippen molar-refractivity contribution in [1.82, 2.24) is 9.62 Å². The van der Waals surface area contributed by atoms with Crippen LogP contribution in [0.1, 0.15) is 31.7 Å². The molecular formula is C16H23FN2O3S. The summed E-state index contributed by atoms with van der Waals surface area (Å²) in [5.41, 5.74) is 0.798. The van der Waals surface area contributed by atoms with Crippen molar-refractivity contribution in [3.05, 3.63) is 35.6 Å². The van der Waals surface area contributed by atoms with E-state index in [0.717, 1.165) is 5.56 Å². The SMILES string of the molecule is CCCS(=O)(=O)N1CCCC1C(=O)NCCc1cccc(F)c1. The van der Waals surface area contributed by atoms with E-state index < -0.39 is 16.1 Å². The third-order valence-electron chi connectivity index (χ3n) is 3.93. The zero-order valence-corrected chi connectivity index (χ0v) is 14.1. The number of nitrogens with zero attached hydrogens (tertiary/aromatic N) is 1. The molecule has 5 nitrogen and oxygen atoms in total. The van der Waals surface area contributed by atoms with Gasteiger partial charge in [0.1, 0.15) is 11.9 Å². The highest BCUT2D eigenvalue weighted by atomic mass is 32.2. The first-order valence-corrected chi connectivity index (χ1v) is 9.56. The monoisotopic (exact) mass is 342 g/mol. The molecule has 0 spiro atoms. The van der Waals surface area contributed by atoms with Gasteiger partial charge in [0.15, 0.2) is 0 Å². The predicted molar refractivity (Wildman–Crippen MR) is 86.9 cm³/mol. The van der Waals surface area contributed by atoms with Crippen LogP contribution >= 0.6 is 0 Å². The molecule has 1 aliphatic heterocycles. The molecule has 1 unspecified atom stereocenters. The average molecular weight is 342 g/mol. The van der Waals surface area contributed by atoms with Crippen molar-refractivity contribution in [3.8, 4) is 0 Å².